The van der Waals surface area contributed by atoms with Gasteiger partial charge in [-0.05, 0) is 39.8 Å². The standard InChI is InChI=1S/C13H23N3O2/c1-4-11-12(17)14-9(2)13(18)16(11)10-6-5-7-15(3)8-10/h9-11H,4-8H2,1-3H3,(H,14,17). The van der Waals surface area contributed by atoms with Crippen molar-refractivity contribution in [1.82, 2.24) is 15.1 Å². The minimum absolute atomic E-state index is 0.00201. The van der Waals surface area contributed by atoms with Crippen LogP contribution in [-0.4, -0.2) is 59.9 Å². The van der Waals surface area contributed by atoms with E-state index in [-0.39, 0.29) is 29.9 Å². The molecule has 0 aromatic rings. The number of likely N-dealkylation sites (N-methyl/N-ethyl adjacent to an activating group) is 1. The fourth-order valence-corrected chi connectivity index (χ4v) is 3.06. The molecule has 2 saturated heterocycles. The SMILES string of the molecule is CCC1C(=O)NC(C)C(=O)N1C1CCCN(C)C1. The third-order valence-electron chi connectivity index (χ3n) is 4.00. The van der Waals surface area contributed by atoms with E-state index in [4.69, 9.17) is 0 Å². The lowest BCUT2D eigenvalue weighted by Gasteiger charge is -2.45. The first-order valence-electron chi connectivity index (χ1n) is 6.85. The van der Waals surface area contributed by atoms with Gasteiger partial charge in [0.25, 0.3) is 0 Å². The van der Waals surface area contributed by atoms with Crippen LogP contribution in [0.3, 0.4) is 0 Å². The lowest BCUT2D eigenvalue weighted by atomic mass is 9.97. The van der Waals surface area contributed by atoms with Crippen molar-refractivity contribution >= 4 is 11.8 Å². The van der Waals surface area contributed by atoms with E-state index < -0.39 is 0 Å². The lowest BCUT2D eigenvalue weighted by Crippen LogP contribution is -2.66. The van der Waals surface area contributed by atoms with Crippen molar-refractivity contribution < 1.29 is 9.59 Å². The Kier molecular flexibility index (Phi) is 3.90. The van der Waals surface area contributed by atoms with E-state index >= 15 is 0 Å². The maximum atomic E-state index is 12.3. The van der Waals surface area contributed by atoms with Gasteiger partial charge in [0.1, 0.15) is 12.1 Å². The maximum absolute atomic E-state index is 12.3. The van der Waals surface area contributed by atoms with E-state index in [1.54, 1.807) is 6.92 Å². The topological polar surface area (TPSA) is 52.7 Å². The average Bonchev–Trinajstić information content (AvgIpc) is 2.33. The molecule has 0 radical (unpaired) electrons. The molecular weight excluding hydrogens is 230 g/mol. The Morgan fingerprint density at radius 3 is 2.72 bits per heavy atom. The highest BCUT2D eigenvalue weighted by Gasteiger charge is 2.41. The molecule has 0 aliphatic carbocycles. The van der Waals surface area contributed by atoms with Crippen molar-refractivity contribution in [2.75, 3.05) is 20.1 Å². The molecule has 0 bridgehead atoms. The molecule has 0 aromatic carbocycles. The predicted molar refractivity (Wildman–Crippen MR) is 69.0 cm³/mol. The highest BCUT2D eigenvalue weighted by atomic mass is 16.2. The van der Waals surface area contributed by atoms with Crippen LogP contribution < -0.4 is 5.32 Å². The van der Waals surface area contributed by atoms with Crippen LogP contribution in [0.5, 0.6) is 0 Å². The quantitative estimate of drug-likeness (QED) is 0.765. The molecule has 1 N–H and O–H groups in total. The zero-order chi connectivity index (χ0) is 13.3. The summed E-state index contributed by atoms with van der Waals surface area (Å²) < 4.78 is 0. The summed E-state index contributed by atoms with van der Waals surface area (Å²) >= 11 is 0. The van der Waals surface area contributed by atoms with Gasteiger partial charge < -0.3 is 15.1 Å². The van der Waals surface area contributed by atoms with E-state index in [0.29, 0.717) is 6.42 Å². The highest BCUT2D eigenvalue weighted by Crippen LogP contribution is 2.22. The summed E-state index contributed by atoms with van der Waals surface area (Å²) in [6.07, 6.45) is 2.79. The summed E-state index contributed by atoms with van der Waals surface area (Å²) in [5.74, 6) is 0.0691. The number of piperidine rings is 1. The Balaban J connectivity index is 2.19. The van der Waals surface area contributed by atoms with Crippen LogP contribution in [0, 0.1) is 0 Å². The summed E-state index contributed by atoms with van der Waals surface area (Å²) in [5, 5.41) is 2.77. The van der Waals surface area contributed by atoms with Gasteiger partial charge in [-0.15, -0.1) is 0 Å². The zero-order valence-corrected chi connectivity index (χ0v) is 11.5. The summed E-state index contributed by atoms with van der Waals surface area (Å²) in [6.45, 7) is 5.69. The van der Waals surface area contributed by atoms with Gasteiger partial charge in [-0.2, -0.15) is 0 Å². The number of likely N-dealkylation sites (tertiary alicyclic amines) is 1. The van der Waals surface area contributed by atoms with E-state index in [1.165, 1.54) is 0 Å². The molecular formula is C13H23N3O2. The van der Waals surface area contributed by atoms with Gasteiger partial charge in [-0.1, -0.05) is 6.92 Å². The number of hydrogen-bond donors (Lipinski definition) is 1. The molecule has 2 aliphatic heterocycles. The number of amides is 2. The Morgan fingerprint density at radius 2 is 2.11 bits per heavy atom. The van der Waals surface area contributed by atoms with Gasteiger partial charge in [0.2, 0.25) is 11.8 Å². The lowest BCUT2D eigenvalue weighted by molar-refractivity contribution is -0.153. The van der Waals surface area contributed by atoms with Crippen LogP contribution in [0.25, 0.3) is 0 Å². The molecule has 5 nitrogen and oxygen atoms in total. The number of nitrogens with one attached hydrogen (secondary N) is 1. The van der Waals surface area contributed by atoms with Crippen LogP contribution in [0.4, 0.5) is 0 Å². The maximum Gasteiger partial charge on any atom is 0.245 e. The average molecular weight is 253 g/mol. The van der Waals surface area contributed by atoms with Gasteiger partial charge in [0, 0.05) is 12.6 Å². The molecule has 2 aliphatic rings. The minimum atomic E-state index is -0.382. The Bertz CT molecular complexity index is 345. The molecule has 3 unspecified atom stereocenters. The highest BCUT2D eigenvalue weighted by molar-refractivity contribution is 5.96. The number of carbonyl (C=O) groups is 2. The molecule has 102 valence electrons. The second-order valence-electron chi connectivity index (χ2n) is 5.46. The Labute approximate surface area is 108 Å². The predicted octanol–water partition coefficient (Wildman–Crippen LogP) is 0.206. The van der Waals surface area contributed by atoms with Gasteiger partial charge in [-0.3, -0.25) is 9.59 Å². The van der Waals surface area contributed by atoms with Crippen molar-refractivity contribution in [2.45, 2.75) is 51.2 Å². The number of hydrogen-bond acceptors (Lipinski definition) is 3. The van der Waals surface area contributed by atoms with Gasteiger partial charge in [-0.25, -0.2) is 0 Å². The van der Waals surface area contributed by atoms with Crippen molar-refractivity contribution in [2.24, 2.45) is 0 Å². The van der Waals surface area contributed by atoms with Crippen LogP contribution >= 0.6 is 0 Å². The molecule has 5 heteroatoms. The number of nitrogens with zero attached hydrogens (tertiary/aromatic N) is 2. The normalized spacial score (nSPS) is 34.6. The number of piperazine rings is 1. The van der Waals surface area contributed by atoms with Crippen molar-refractivity contribution in [3.05, 3.63) is 0 Å². The summed E-state index contributed by atoms with van der Waals surface area (Å²) in [4.78, 5) is 28.4. The van der Waals surface area contributed by atoms with E-state index in [9.17, 15) is 9.59 Å². The molecule has 2 fully saturated rings. The third-order valence-corrected chi connectivity index (χ3v) is 4.00. The van der Waals surface area contributed by atoms with Crippen molar-refractivity contribution in [3.63, 3.8) is 0 Å². The van der Waals surface area contributed by atoms with E-state index in [2.05, 4.69) is 17.3 Å². The fourth-order valence-electron chi connectivity index (χ4n) is 3.06. The minimum Gasteiger partial charge on any atom is -0.343 e. The second-order valence-corrected chi connectivity index (χ2v) is 5.46. The van der Waals surface area contributed by atoms with Crippen LogP contribution in [0.15, 0.2) is 0 Å². The molecule has 2 heterocycles. The molecule has 18 heavy (non-hydrogen) atoms. The molecule has 0 spiro atoms. The second kappa shape index (κ2) is 5.26. The smallest absolute Gasteiger partial charge is 0.245 e. The van der Waals surface area contributed by atoms with Crippen LogP contribution in [0.1, 0.15) is 33.1 Å². The molecule has 2 amide bonds. The Hall–Kier alpha value is -1.10. The van der Waals surface area contributed by atoms with Crippen molar-refractivity contribution in [1.29, 1.82) is 0 Å². The molecule has 2 rings (SSSR count). The Morgan fingerprint density at radius 1 is 1.39 bits per heavy atom. The first-order valence-corrected chi connectivity index (χ1v) is 6.85. The summed E-state index contributed by atoms with van der Waals surface area (Å²) in [5.41, 5.74) is 0. The van der Waals surface area contributed by atoms with Crippen LogP contribution in [0.2, 0.25) is 0 Å². The van der Waals surface area contributed by atoms with Gasteiger partial charge >= 0.3 is 0 Å². The van der Waals surface area contributed by atoms with Gasteiger partial charge in [0.15, 0.2) is 0 Å². The monoisotopic (exact) mass is 253 g/mol. The van der Waals surface area contributed by atoms with Gasteiger partial charge in [0.05, 0.1) is 0 Å². The molecule has 3 atom stereocenters. The molecule has 0 aromatic heterocycles. The van der Waals surface area contributed by atoms with Crippen molar-refractivity contribution in [3.8, 4) is 0 Å². The first kappa shape index (κ1) is 13.3. The first-order chi connectivity index (χ1) is 8.54. The van der Waals surface area contributed by atoms with E-state index in [0.717, 1.165) is 25.9 Å². The third kappa shape index (κ3) is 2.36. The largest absolute Gasteiger partial charge is 0.343 e. The summed E-state index contributed by atoms with van der Waals surface area (Å²) in [7, 11) is 2.07. The van der Waals surface area contributed by atoms with E-state index in [1.807, 2.05) is 11.8 Å². The number of rotatable bonds is 2. The zero-order valence-electron chi connectivity index (χ0n) is 11.5. The number of carbonyl (C=O) groups excluding carboxylic acids is 2. The van der Waals surface area contributed by atoms with Crippen LogP contribution in [-0.2, 0) is 9.59 Å². The molecule has 0 saturated carbocycles. The summed E-state index contributed by atoms with van der Waals surface area (Å²) in [6, 6.07) is -0.479. The fraction of sp³-hybridized carbons (Fsp3) is 0.846.